The first-order valence-electron chi connectivity index (χ1n) is 5.41. The summed E-state index contributed by atoms with van der Waals surface area (Å²) in [5.41, 5.74) is 3.06. The van der Waals surface area contributed by atoms with E-state index in [9.17, 15) is 0 Å². The summed E-state index contributed by atoms with van der Waals surface area (Å²) in [4.78, 5) is 0. The van der Waals surface area contributed by atoms with Crippen molar-refractivity contribution in [1.82, 2.24) is 0 Å². The topological polar surface area (TPSA) is 9.23 Å². The van der Waals surface area contributed by atoms with E-state index in [4.69, 9.17) is 4.74 Å². The molecule has 88 valence electrons. The van der Waals surface area contributed by atoms with E-state index in [0.717, 1.165) is 5.75 Å². The lowest BCUT2D eigenvalue weighted by Gasteiger charge is -1.93. The SMILES string of the molecule is CCc1cscc1CC.COc1ccsc1. The van der Waals surface area contributed by atoms with Crippen LogP contribution in [0.4, 0.5) is 0 Å². The highest BCUT2D eigenvalue weighted by Gasteiger charge is 1.96. The smallest absolute Gasteiger partial charge is 0.129 e. The summed E-state index contributed by atoms with van der Waals surface area (Å²) >= 11 is 3.45. The fourth-order valence-corrected chi connectivity index (χ4v) is 2.97. The molecule has 3 heteroatoms. The molecule has 0 radical (unpaired) electrons. The van der Waals surface area contributed by atoms with Crippen molar-refractivity contribution < 1.29 is 4.74 Å². The van der Waals surface area contributed by atoms with Crippen LogP contribution in [0.3, 0.4) is 0 Å². The molecule has 0 bridgehead atoms. The van der Waals surface area contributed by atoms with Gasteiger partial charge in [0.2, 0.25) is 0 Å². The monoisotopic (exact) mass is 254 g/mol. The second-order valence-electron chi connectivity index (χ2n) is 3.29. The molecule has 0 unspecified atom stereocenters. The fraction of sp³-hybridized carbons (Fsp3) is 0.385. The van der Waals surface area contributed by atoms with Crippen LogP contribution in [0.25, 0.3) is 0 Å². The molecule has 0 aliphatic rings. The van der Waals surface area contributed by atoms with Gasteiger partial charge in [0.15, 0.2) is 0 Å². The third-order valence-corrected chi connectivity index (χ3v) is 3.83. The molecular weight excluding hydrogens is 236 g/mol. The second kappa shape index (κ2) is 7.47. The summed E-state index contributed by atoms with van der Waals surface area (Å²) in [7, 11) is 1.67. The van der Waals surface area contributed by atoms with Crippen molar-refractivity contribution in [3.8, 4) is 5.75 Å². The predicted molar refractivity (Wildman–Crippen MR) is 73.9 cm³/mol. The number of rotatable bonds is 3. The van der Waals surface area contributed by atoms with Gasteiger partial charge in [-0.15, -0.1) is 11.3 Å². The number of methoxy groups -OCH3 is 1. The van der Waals surface area contributed by atoms with Crippen molar-refractivity contribution in [2.24, 2.45) is 0 Å². The Morgan fingerprint density at radius 2 is 1.62 bits per heavy atom. The number of ether oxygens (including phenoxy) is 1. The maximum atomic E-state index is 4.86. The van der Waals surface area contributed by atoms with E-state index in [0.29, 0.717) is 0 Å². The Bertz CT molecular complexity index is 358. The van der Waals surface area contributed by atoms with Gasteiger partial charge >= 0.3 is 0 Å². The van der Waals surface area contributed by atoms with Crippen LogP contribution >= 0.6 is 22.7 Å². The van der Waals surface area contributed by atoms with E-state index in [1.54, 1.807) is 18.4 Å². The summed E-state index contributed by atoms with van der Waals surface area (Å²) in [6.45, 7) is 4.42. The standard InChI is InChI=1S/C8H12S.C5H6OS/c1-3-7-5-9-6-8(7)4-2;1-6-5-2-3-7-4-5/h5-6H,3-4H2,1-2H3;2-4H,1H3. The van der Waals surface area contributed by atoms with Gasteiger partial charge in [-0.1, -0.05) is 13.8 Å². The van der Waals surface area contributed by atoms with Gasteiger partial charge in [-0.2, -0.15) is 11.3 Å². The van der Waals surface area contributed by atoms with Crippen LogP contribution in [0.15, 0.2) is 27.6 Å². The average Bonchev–Trinajstić information content (AvgIpc) is 3.00. The first-order chi connectivity index (χ1) is 7.81. The van der Waals surface area contributed by atoms with Gasteiger partial charge in [-0.05, 0) is 46.2 Å². The molecule has 0 saturated heterocycles. The second-order valence-corrected chi connectivity index (χ2v) is 4.82. The van der Waals surface area contributed by atoms with Gasteiger partial charge in [0, 0.05) is 5.38 Å². The lowest BCUT2D eigenvalue weighted by molar-refractivity contribution is 0.417. The van der Waals surface area contributed by atoms with Gasteiger partial charge in [0.05, 0.1) is 7.11 Å². The zero-order valence-electron chi connectivity index (χ0n) is 10.0. The Balaban J connectivity index is 0.000000165. The van der Waals surface area contributed by atoms with E-state index < -0.39 is 0 Å². The maximum absolute atomic E-state index is 4.86. The molecule has 1 nitrogen and oxygen atoms in total. The molecule has 0 spiro atoms. The normalized spacial score (nSPS) is 9.44. The highest BCUT2D eigenvalue weighted by Crippen LogP contribution is 2.15. The highest BCUT2D eigenvalue weighted by atomic mass is 32.1. The molecule has 0 fully saturated rings. The van der Waals surface area contributed by atoms with Crippen LogP contribution in [0.1, 0.15) is 25.0 Å². The van der Waals surface area contributed by atoms with Crippen molar-refractivity contribution in [2.45, 2.75) is 26.7 Å². The Morgan fingerprint density at radius 1 is 1.00 bits per heavy atom. The van der Waals surface area contributed by atoms with Crippen molar-refractivity contribution >= 4 is 22.7 Å². The molecule has 0 N–H and O–H groups in total. The summed E-state index contributed by atoms with van der Waals surface area (Å²) in [5.74, 6) is 0.949. The minimum atomic E-state index is 0.949. The Morgan fingerprint density at radius 3 is 1.94 bits per heavy atom. The summed E-state index contributed by atoms with van der Waals surface area (Å²) in [6.07, 6.45) is 2.37. The number of thiophene rings is 2. The van der Waals surface area contributed by atoms with Crippen LogP contribution < -0.4 is 4.74 Å². The first kappa shape index (κ1) is 13.3. The van der Waals surface area contributed by atoms with Gasteiger partial charge in [-0.25, -0.2) is 0 Å². The van der Waals surface area contributed by atoms with Gasteiger partial charge < -0.3 is 4.74 Å². The maximum Gasteiger partial charge on any atom is 0.129 e. The van der Waals surface area contributed by atoms with Crippen molar-refractivity contribution in [1.29, 1.82) is 0 Å². The highest BCUT2D eigenvalue weighted by molar-refractivity contribution is 7.08. The Labute approximate surface area is 106 Å². The molecule has 0 amide bonds. The number of aryl methyl sites for hydroxylation is 2. The molecule has 0 aromatic carbocycles. The molecule has 0 atom stereocenters. The van der Waals surface area contributed by atoms with E-state index in [2.05, 4.69) is 24.6 Å². The number of hydrogen-bond donors (Lipinski definition) is 0. The van der Waals surface area contributed by atoms with E-state index >= 15 is 0 Å². The van der Waals surface area contributed by atoms with Crippen molar-refractivity contribution in [2.75, 3.05) is 7.11 Å². The van der Waals surface area contributed by atoms with Gasteiger partial charge in [0.25, 0.3) is 0 Å². The zero-order chi connectivity index (χ0) is 11.8. The lowest BCUT2D eigenvalue weighted by atomic mass is 10.1. The summed E-state index contributed by atoms with van der Waals surface area (Å²) in [5, 5.41) is 8.44. The molecule has 2 aromatic heterocycles. The Kier molecular flexibility index (Phi) is 6.19. The third kappa shape index (κ3) is 3.99. The molecule has 0 aliphatic heterocycles. The molecule has 0 aliphatic carbocycles. The van der Waals surface area contributed by atoms with Crippen LogP contribution in [-0.4, -0.2) is 7.11 Å². The van der Waals surface area contributed by atoms with E-state index in [1.807, 2.05) is 28.2 Å². The van der Waals surface area contributed by atoms with Crippen LogP contribution in [0.5, 0.6) is 5.75 Å². The van der Waals surface area contributed by atoms with Crippen molar-refractivity contribution in [3.63, 3.8) is 0 Å². The van der Waals surface area contributed by atoms with Crippen LogP contribution in [0, 0.1) is 0 Å². The minimum Gasteiger partial charge on any atom is -0.496 e. The largest absolute Gasteiger partial charge is 0.496 e. The molecule has 2 rings (SSSR count). The number of hydrogen-bond acceptors (Lipinski definition) is 3. The molecule has 0 saturated carbocycles. The van der Waals surface area contributed by atoms with Gasteiger partial charge in [0.1, 0.15) is 5.75 Å². The zero-order valence-corrected chi connectivity index (χ0v) is 11.7. The van der Waals surface area contributed by atoms with Crippen molar-refractivity contribution in [3.05, 3.63) is 38.7 Å². The Hall–Kier alpha value is -0.800. The average molecular weight is 254 g/mol. The molecule has 2 aromatic rings. The summed E-state index contributed by atoms with van der Waals surface area (Å²) in [6, 6.07) is 1.94. The molecule has 2 heterocycles. The van der Waals surface area contributed by atoms with E-state index in [-0.39, 0.29) is 0 Å². The molecule has 16 heavy (non-hydrogen) atoms. The predicted octanol–water partition coefficient (Wildman–Crippen LogP) is 4.63. The van der Waals surface area contributed by atoms with Crippen LogP contribution in [-0.2, 0) is 12.8 Å². The third-order valence-electron chi connectivity index (χ3n) is 2.33. The lowest BCUT2D eigenvalue weighted by Crippen LogP contribution is -1.81. The first-order valence-corrected chi connectivity index (χ1v) is 7.30. The van der Waals surface area contributed by atoms with Crippen LogP contribution in [0.2, 0.25) is 0 Å². The quantitative estimate of drug-likeness (QED) is 0.776. The summed E-state index contributed by atoms with van der Waals surface area (Å²) < 4.78 is 4.86. The minimum absolute atomic E-state index is 0.949. The molecular formula is C13H18OS2. The van der Waals surface area contributed by atoms with E-state index in [1.165, 1.54) is 24.0 Å². The van der Waals surface area contributed by atoms with Gasteiger partial charge in [-0.3, -0.25) is 0 Å². The fourth-order valence-electron chi connectivity index (χ4n) is 1.34.